The van der Waals surface area contributed by atoms with E-state index < -0.39 is 21.8 Å². The number of rotatable bonds is 6. The lowest BCUT2D eigenvalue weighted by atomic mass is 10.1. The molecule has 0 bridgehead atoms. The lowest BCUT2D eigenvalue weighted by Gasteiger charge is -2.27. The minimum Gasteiger partial charge on any atom is -0.497 e. The molecule has 3 aromatic rings. The van der Waals surface area contributed by atoms with E-state index in [1.165, 1.54) is 32.4 Å². The first-order valence-corrected chi connectivity index (χ1v) is 11.6. The van der Waals surface area contributed by atoms with Crippen molar-refractivity contribution in [2.75, 3.05) is 33.3 Å². The van der Waals surface area contributed by atoms with Crippen molar-refractivity contribution in [1.82, 2.24) is 14.2 Å². The average Bonchev–Trinajstić information content (AvgIpc) is 3.13. The van der Waals surface area contributed by atoms with Crippen LogP contribution >= 0.6 is 0 Å². The second-order valence-corrected chi connectivity index (χ2v) is 9.36. The van der Waals surface area contributed by atoms with Gasteiger partial charge in [-0.1, -0.05) is 0 Å². The fraction of sp³-hybridized carbons (Fsp3) is 0.318. The van der Waals surface area contributed by atoms with E-state index in [-0.39, 0.29) is 10.6 Å². The highest BCUT2D eigenvalue weighted by molar-refractivity contribution is 7.90. The van der Waals surface area contributed by atoms with Gasteiger partial charge >= 0.3 is 5.97 Å². The molecule has 10 heteroatoms. The maximum atomic E-state index is 13.4. The van der Waals surface area contributed by atoms with Crippen LogP contribution in [0.25, 0.3) is 10.9 Å². The number of benzene rings is 2. The standard InChI is InChI=1S/C22H24FN3O5S/c1-15(27)31-21-14-26(32(28,29)19-5-3-17(23)4-6-19)20-12-18(30-2)11-16(22(20)21)13-25-9-7-24-8-10-25/h3-6,11-12,14,24H,7-10,13H2,1-2H3. The van der Waals surface area contributed by atoms with Crippen molar-refractivity contribution in [2.45, 2.75) is 18.4 Å². The summed E-state index contributed by atoms with van der Waals surface area (Å²) in [5.41, 5.74) is 1.10. The zero-order valence-corrected chi connectivity index (χ0v) is 18.6. The molecule has 1 aliphatic rings. The first-order chi connectivity index (χ1) is 15.3. The highest BCUT2D eigenvalue weighted by atomic mass is 32.2. The van der Waals surface area contributed by atoms with Gasteiger partial charge in [0.15, 0.2) is 5.75 Å². The van der Waals surface area contributed by atoms with Crippen molar-refractivity contribution >= 4 is 26.9 Å². The molecule has 1 saturated heterocycles. The van der Waals surface area contributed by atoms with Crippen molar-refractivity contribution in [3.8, 4) is 11.5 Å². The van der Waals surface area contributed by atoms with Gasteiger partial charge in [-0.25, -0.2) is 16.8 Å². The summed E-state index contributed by atoms with van der Waals surface area (Å²) in [6.45, 7) is 5.15. The molecule has 1 fully saturated rings. The number of aromatic nitrogens is 1. The molecule has 1 N–H and O–H groups in total. The number of piperazine rings is 1. The predicted molar refractivity (Wildman–Crippen MR) is 117 cm³/mol. The Bertz CT molecular complexity index is 1250. The van der Waals surface area contributed by atoms with E-state index in [4.69, 9.17) is 9.47 Å². The van der Waals surface area contributed by atoms with E-state index in [0.717, 1.165) is 47.8 Å². The lowest BCUT2D eigenvalue weighted by molar-refractivity contribution is -0.131. The van der Waals surface area contributed by atoms with Gasteiger partial charge in [0.05, 0.1) is 23.7 Å². The monoisotopic (exact) mass is 461 g/mol. The largest absolute Gasteiger partial charge is 0.497 e. The van der Waals surface area contributed by atoms with E-state index in [1.807, 2.05) is 6.07 Å². The maximum absolute atomic E-state index is 13.4. The smallest absolute Gasteiger partial charge is 0.308 e. The number of carbonyl (C=O) groups is 1. The Balaban J connectivity index is 1.92. The number of hydrogen-bond donors (Lipinski definition) is 1. The topological polar surface area (TPSA) is 89.9 Å². The van der Waals surface area contributed by atoms with Gasteiger partial charge in [-0.3, -0.25) is 9.69 Å². The van der Waals surface area contributed by atoms with Crippen molar-refractivity contribution in [3.63, 3.8) is 0 Å². The zero-order chi connectivity index (χ0) is 22.9. The van der Waals surface area contributed by atoms with Gasteiger partial charge < -0.3 is 14.8 Å². The minimum absolute atomic E-state index is 0.0864. The molecule has 2 aromatic carbocycles. The van der Waals surface area contributed by atoms with Crippen LogP contribution in [0.3, 0.4) is 0 Å². The maximum Gasteiger partial charge on any atom is 0.308 e. The zero-order valence-electron chi connectivity index (χ0n) is 17.8. The molecule has 0 atom stereocenters. The number of carbonyl (C=O) groups excluding carboxylic acids is 1. The number of nitrogens with one attached hydrogen (secondary N) is 1. The molecular weight excluding hydrogens is 437 g/mol. The summed E-state index contributed by atoms with van der Waals surface area (Å²) < 4.78 is 52.1. The van der Waals surface area contributed by atoms with Crippen LogP contribution in [0.4, 0.5) is 4.39 Å². The van der Waals surface area contributed by atoms with Gasteiger partial charge in [0.2, 0.25) is 0 Å². The first kappa shape index (κ1) is 22.3. The van der Waals surface area contributed by atoms with E-state index >= 15 is 0 Å². The van der Waals surface area contributed by atoms with E-state index in [9.17, 15) is 17.6 Å². The SMILES string of the molecule is COc1cc(CN2CCNCC2)c2c(OC(C)=O)cn(S(=O)(=O)c3ccc(F)cc3)c2c1. The average molecular weight is 462 g/mol. The molecular formula is C22H24FN3O5S. The van der Waals surface area contributed by atoms with Crippen LogP contribution < -0.4 is 14.8 Å². The normalized spacial score (nSPS) is 15.1. The highest BCUT2D eigenvalue weighted by Crippen LogP contribution is 2.37. The molecule has 0 radical (unpaired) electrons. The van der Waals surface area contributed by atoms with E-state index in [2.05, 4.69) is 10.2 Å². The Morgan fingerprint density at radius 3 is 2.47 bits per heavy atom. The molecule has 0 unspecified atom stereocenters. The van der Waals surface area contributed by atoms with Crippen molar-refractivity contribution in [2.24, 2.45) is 0 Å². The number of halogens is 1. The second-order valence-electron chi connectivity index (χ2n) is 7.55. The lowest BCUT2D eigenvalue weighted by Crippen LogP contribution is -2.42. The number of ether oxygens (including phenoxy) is 2. The molecule has 0 saturated carbocycles. The Morgan fingerprint density at radius 1 is 1.16 bits per heavy atom. The van der Waals surface area contributed by atoms with Crippen LogP contribution in [0, 0.1) is 5.82 Å². The third kappa shape index (κ3) is 4.34. The fourth-order valence-electron chi connectivity index (χ4n) is 3.86. The first-order valence-electron chi connectivity index (χ1n) is 10.1. The summed E-state index contributed by atoms with van der Waals surface area (Å²) in [5, 5.41) is 3.82. The van der Waals surface area contributed by atoms with Crippen LogP contribution in [0.1, 0.15) is 12.5 Å². The van der Waals surface area contributed by atoms with Crippen molar-refractivity contribution in [1.29, 1.82) is 0 Å². The molecule has 1 aliphatic heterocycles. The number of nitrogens with zero attached hydrogens (tertiary/aromatic N) is 2. The Morgan fingerprint density at radius 2 is 1.84 bits per heavy atom. The van der Waals surface area contributed by atoms with Crippen LogP contribution in [-0.4, -0.2) is 56.5 Å². The molecule has 0 spiro atoms. The van der Waals surface area contributed by atoms with Crippen molar-refractivity contribution in [3.05, 3.63) is 54.0 Å². The quantitative estimate of drug-likeness (QED) is 0.564. The highest BCUT2D eigenvalue weighted by Gasteiger charge is 2.26. The van der Waals surface area contributed by atoms with Crippen LogP contribution in [0.2, 0.25) is 0 Å². The van der Waals surface area contributed by atoms with Gasteiger partial charge in [0.1, 0.15) is 11.6 Å². The summed E-state index contributed by atoms with van der Waals surface area (Å²) >= 11 is 0. The second kappa shape index (κ2) is 8.89. The molecule has 2 heterocycles. The van der Waals surface area contributed by atoms with Gasteiger partial charge in [0.25, 0.3) is 10.0 Å². The third-order valence-corrected chi connectivity index (χ3v) is 7.04. The van der Waals surface area contributed by atoms with Gasteiger partial charge in [0, 0.05) is 51.1 Å². The summed E-state index contributed by atoms with van der Waals surface area (Å²) in [4.78, 5) is 13.9. The molecule has 170 valence electrons. The fourth-order valence-corrected chi connectivity index (χ4v) is 5.20. The Kier molecular flexibility index (Phi) is 6.18. The number of fused-ring (bicyclic) bond motifs is 1. The third-order valence-electron chi connectivity index (χ3n) is 5.35. The summed E-state index contributed by atoms with van der Waals surface area (Å²) in [5.74, 6) is -0.481. The Labute approximate surface area is 185 Å². The van der Waals surface area contributed by atoms with Gasteiger partial charge in [-0.05, 0) is 35.9 Å². The van der Waals surface area contributed by atoms with Gasteiger partial charge in [-0.2, -0.15) is 0 Å². The summed E-state index contributed by atoms with van der Waals surface area (Å²) in [7, 11) is -2.59. The number of esters is 1. The van der Waals surface area contributed by atoms with E-state index in [1.54, 1.807) is 6.07 Å². The molecule has 1 aromatic heterocycles. The van der Waals surface area contributed by atoms with Crippen LogP contribution in [0.5, 0.6) is 11.5 Å². The molecule has 0 aliphatic carbocycles. The van der Waals surface area contributed by atoms with Crippen LogP contribution in [-0.2, 0) is 21.4 Å². The van der Waals surface area contributed by atoms with Crippen molar-refractivity contribution < 1.29 is 27.1 Å². The van der Waals surface area contributed by atoms with Gasteiger partial charge in [-0.15, -0.1) is 0 Å². The molecule has 4 rings (SSSR count). The number of hydrogen-bond acceptors (Lipinski definition) is 7. The molecule has 32 heavy (non-hydrogen) atoms. The number of methoxy groups -OCH3 is 1. The van der Waals surface area contributed by atoms with Crippen LogP contribution in [0.15, 0.2) is 47.5 Å². The van der Waals surface area contributed by atoms with E-state index in [0.29, 0.717) is 23.2 Å². The summed E-state index contributed by atoms with van der Waals surface area (Å²) in [6.07, 6.45) is 1.28. The molecule has 0 amide bonds. The summed E-state index contributed by atoms with van der Waals surface area (Å²) in [6, 6.07) is 7.98. The molecule has 8 nitrogen and oxygen atoms in total. The Hall–Kier alpha value is -2.95. The minimum atomic E-state index is -4.09. The predicted octanol–water partition coefficient (Wildman–Crippen LogP) is 2.36.